The van der Waals surface area contributed by atoms with Gasteiger partial charge in [0.1, 0.15) is 17.2 Å². The fraction of sp³-hybridized carbons (Fsp3) is 0.304. The maximum atomic E-state index is 12.8. The molecule has 2 heterocycles. The van der Waals surface area contributed by atoms with E-state index in [0.717, 1.165) is 37.2 Å². The molecule has 2 aliphatic heterocycles. The average Bonchev–Trinajstić information content (AvgIpc) is 3.39. The molecule has 3 amide bonds. The highest BCUT2D eigenvalue weighted by Crippen LogP contribution is 2.38. The van der Waals surface area contributed by atoms with Crippen molar-refractivity contribution in [2.75, 3.05) is 32.2 Å². The van der Waals surface area contributed by atoms with E-state index in [1.165, 1.54) is 4.90 Å². The highest BCUT2D eigenvalue weighted by molar-refractivity contribution is 6.14. The first-order chi connectivity index (χ1) is 14.6. The van der Waals surface area contributed by atoms with Crippen molar-refractivity contribution >= 4 is 23.7 Å². The lowest BCUT2D eigenvalue weighted by atomic mass is 10.1. The van der Waals surface area contributed by atoms with Crippen LogP contribution in [0, 0.1) is 0 Å². The summed E-state index contributed by atoms with van der Waals surface area (Å²) < 4.78 is 11.2. The minimum absolute atomic E-state index is 0.213. The highest BCUT2D eigenvalue weighted by Gasteiger charge is 2.33. The number of nitrogens with zero attached hydrogens (tertiary/aromatic N) is 2. The van der Waals surface area contributed by atoms with Crippen LogP contribution >= 0.6 is 0 Å². The molecular weight excluding hydrogens is 382 g/mol. The van der Waals surface area contributed by atoms with E-state index in [1.807, 2.05) is 42.5 Å². The van der Waals surface area contributed by atoms with E-state index >= 15 is 0 Å². The first-order valence-corrected chi connectivity index (χ1v) is 10.00. The molecule has 30 heavy (non-hydrogen) atoms. The van der Waals surface area contributed by atoms with Crippen LogP contribution in [0.25, 0.3) is 6.08 Å². The molecule has 0 atom stereocenters. The second kappa shape index (κ2) is 8.49. The van der Waals surface area contributed by atoms with Crippen LogP contribution in [0.3, 0.4) is 0 Å². The Morgan fingerprint density at radius 3 is 2.37 bits per heavy atom. The van der Waals surface area contributed by atoms with Gasteiger partial charge in [-0.2, -0.15) is 0 Å². The van der Waals surface area contributed by atoms with Crippen molar-refractivity contribution < 1.29 is 19.1 Å². The van der Waals surface area contributed by atoms with E-state index < -0.39 is 6.03 Å². The van der Waals surface area contributed by atoms with Crippen molar-refractivity contribution in [2.45, 2.75) is 19.4 Å². The molecular formula is C23H25N3O4. The number of hydrogen-bond donors (Lipinski definition) is 1. The summed E-state index contributed by atoms with van der Waals surface area (Å²) >= 11 is 0. The third kappa shape index (κ3) is 3.83. The standard InChI is InChI=1S/C23H25N3O4/c1-29-20-14-19(25-10-6-7-11-25)21(30-2)13-17(20)12-18-22(27)26(23(28)24-18)15-16-8-4-3-5-9-16/h3-5,8-9,12-14H,6-7,10-11,15H2,1-2H3,(H,24,28). The number of methoxy groups -OCH3 is 2. The normalized spacial score (nSPS) is 17.6. The van der Waals surface area contributed by atoms with Crippen molar-refractivity contribution in [3.63, 3.8) is 0 Å². The van der Waals surface area contributed by atoms with Crippen molar-refractivity contribution in [2.24, 2.45) is 0 Å². The Hall–Kier alpha value is -3.48. The van der Waals surface area contributed by atoms with Gasteiger partial charge in [0.25, 0.3) is 5.91 Å². The second-order valence-electron chi connectivity index (χ2n) is 7.33. The maximum absolute atomic E-state index is 12.8. The number of nitrogens with one attached hydrogen (secondary N) is 1. The summed E-state index contributed by atoms with van der Waals surface area (Å²) in [5, 5.41) is 2.67. The van der Waals surface area contributed by atoms with Gasteiger partial charge in [-0.1, -0.05) is 30.3 Å². The number of hydrogen-bond acceptors (Lipinski definition) is 5. The van der Waals surface area contributed by atoms with Crippen LogP contribution in [-0.2, 0) is 11.3 Å². The maximum Gasteiger partial charge on any atom is 0.329 e. The molecule has 1 N–H and O–H groups in total. The molecule has 2 aromatic carbocycles. The van der Waals surface area contributed by atoms with Crippen molar-refractivity contribution in [1.82, 2.24) is 10.2 Å². The van der Waals surface area contributed by atoms with Gasteiger partial charge in [0.15, 0.2) is 0 Å². The summed E-state index contributed by atoms with van der Waals surface area (Å²) in [5.41, 5.74) is 2.74. The molecule has 7 nitrogen and oxygen atoms in total. The number of carbonyl (C=O) groups excluding carboxylic acids is 2. The van der Waals surface area contributed by atoms with Gasteiger partial charge in [0.2, 0.25) is 0 Å². The molecule has 0 bridgehead atoms. The van der Waals surface area contributed by atoms with Crippen LogP contribution in [0.5, 0.6) is 11.5 Å². The number of urea groups is 1. The predicted octanol–water partition coefficient (Wildman–Crippen LogP) is 3.40. The molecule has 0 spiro atoms. The van der Waals surface area contributed by atoms with Crippen LogP contribution < -0.4 is 19.7 Å². The van der Waals surface area contributed by atoms with Crippen LogP contribution in [-0.4, -0.2) is 44.1 Å². The Morgan fingerprint density at radius 2 is 1.70 bits per heavy atom. The molecule has 0 aromatic heterocycles. The van der Waals surface area contributed by atoms with E-state index in [2.05, 4.69) is 10.2 Å². The Balaban J connectivity index is 1.63. The van der Waals surface area contributed by atoms with Crippen LogP contribution in [0.1, 0.15) is 24.0 Å². The first-order valence-electron chi connectivity index (χ1n) is 10.00. The van der Waals surface area contributed by atoms with Gasteiger partial charge >= 0.3 is 6.03 Å². The summed E-state index contributed by atoms with van der Waals surface area (Å²) in [6, 6.07) is 12.8. The van der Waals surface area contributed by atoms with Gasteiger partial charge in [-0.05, 0) is 30.5 Å². The van der Waals surface area contributed by atoms with Crippen LogP contribution in [0.15, 0.2) is 48.2 Å². The number of rotatable bonds is 6. The SMILES string of the molecule is COc1cc(N2CCCC2)c(OC)cc1C=C1NC(=O)N(Cc2ccccc2)C1=O. The van der Waals surface area contributed by atoms with Crippen LogP contribution in [0.4, 0.5) is 10.5 Å². The summed E-state index contributed by atoms with van der Waals surface area (Å²) in [6.07, 6.45) is 3.93. The van der Waals surface area contributed by atoms with Gasteiger partial charge in [0, 0.05) is 24.7 Å². The molecule has 2 saturated heterocycles. The van der Waals surface area contributed by atoms with Gasteiger partial charge in [-0.3, -0.25) is 9.69 Å². The third-order valence-electron chi connectivity index (χ3n) is 5.42. The quantitative estimate of drug-likeness (QED) is 0.587. The topological polar surface area (TPSA) is 71.1 Å². The zero-order chi connectivity index (χ0) is 21.1. The number of ether oxygens (including phenoxy) is 2. The lowest BCUT2D eigenvalue weighted by molar-refractivity contribution is -0.123. The Bertz CT molecular complexity index is 981. The lowest BCUT2D eigenvalue weighted by Gasteiger charge is -2.22. The largest absolute Gasteiger partial charge is 0.496 e. The highest BCUT2D eigenvalue weighted by atomic mass is 16.5. The first kappa shape index (κ1) is 19.8. The molecule has 156 valence electrons. The Morgan fingerprint density at radius 1 is 1.00 bits per heavy atom. The molecule has 7 heteroatoms. The molecule has 0 radical (unpaired) electrons. The van der Waals surface area contributed by atoms with Crippen molar-refractivity contribution in [1.29, 1.82) is 0 Å². The number of benzene rings is 2. The zero-order valence-corrected chi connectivity index (χ0v) is 17.2. The molecule has 0 saturated carbocycles. The fourth-order valence-electron chi connectivity index (χ4n) is 3.86. The monoisotopic (exact) mass is 407 g/mol. The summed E-state index contributed by atoms with van der Waals surface area (Å²) in [5.74, 6) is 0.963. The molecule has 0 aliphatic carbocycles. The number of imide groups is 1. The minimum atomic E-state index is -0.435. The fourth-order valence-corrected chi connectivity index (χ4v) is 3.86. The van der Waals surface area contributed by atoms with E-state index in [-0.39, 0.29) is 18.1 Å². The van der Waals surface area contributed by atoms with E-state index in [4.69, 9.17) is 9.47 Å². The Kier molecular flexibility index (Phi) is 5.61. The van der Waals surface area contributed by atoms with Crippen LogP contribution in [0.2, 0.25) is 0 Å². The van der Waals surface area contributed by atoms with Gasteiger partial charge in [-0.25, -0.2) is 4.79 Å². The lowest BCUT2D eigenvalue weighted by Crippen LogP contribution is -2.30. The average molecular weight is 407 g/mol. The smallest absolute Gasteiger partial charge is 0.329 e. The van der Waals surface area contributed by atoms with Crippen molar-refractivity contribution in [3.8, 4) is 11.5 Å². The van der Waals surface area contributed by atoms with E-state index in [0.29, 0.717) is 17.1 Å². The number of carbonyl (C=O) groups is 2. The molecule has 2 aliphatic rings. The molecule has 2 fully saturated rings. The minimum Gasteiger partial charge on any atom is -0.496 e. The second-order valence-corrected chi connectivity index (χ2v) is 7.33. The zero-order valence-electron chi connectivity index (χ0n) is 17.2. The number of anilines is 1. The molecule has 2 aromatic rings. The molecule has 0 unspecified atom stereocenters. The van der Waals surface area contributed by atoms with Gasteiger partial charge in [0.05, 0.1) is 26.5 Å². The predicted molar refractivity (Wildman–Crippen MR) is 114 cm³/mol. The Labute approximate surface area is 175 Å². The van der Waals surface area contributed by atoms with E-state index in [9.17, 15) is 9.59 Å². The van der Waals surface area contributed by atoms with Gasteiger partial charge in [-0.15, -0.1) is 0 Å². The summed E-state index contributed by atoms with van der Waals surface area (Å²) in [6.45, 7) is 2.17. The summed E-state index contributed by atoms with van der Waals surface area (Å²) in [4.78, 5) is 28.7. The third-order valence-corrected chi connectivity index (χ3v) is 5.42. The van der Waals surface area contributed by atoms with Gasteiger partial charge < -0.3 is 19.7 Å². The summed E-state index contributed by atoms with van der Waals surface area (Å²) in [7, 11) is 3.22. The van der Waals surface area contributed by atoms with Crippen molar-refractivity contribution in [3.05, 3.63) is 59.3 Å². The van der Waals surface area contributed by atoms with E-state index in [1.54, 1.807) is 20.3 Å². The molecule has 4 rings (SSSR count). The number of amides is 3.